The third-order valence-corrected chi connectivity index (χ3v) is 4.32. The van der Waals surface area contributed by atoms with Crippen molar-refractivity contribution in [1.29, 1.82) is 0 Å². The van der Waals surface area contributed by atoms with Crippen LogP contribution in [-0.2, 0) is 6.42 Å². The Bertz CT molecular complexity index is 831. The van der Waals surface area contributed by atoms with Crippen LogP contribution >= 0.6 is 11.3 Å². The molecule has 0 fully saturated rings. The van der Waals surface area contributed by atoms with Gasteiger partial charge in [0.1, 0.15) is 5.01 Å². The summed E-state index contributed by atoms with van der Waals surface area (Å²) >= 11 is 1.44. The van der Waals surface area contributed by atoms with Gasteiger partial charge in [0, 0.05) is 16.8 Å². The molecule has 3 aromatic rings. The lowest BCUT2D eigenvalue weighted by Crippen LogP contribution is -2.21. The van der Waals surface area contributed by atoms with E-state index in [1.807, 2.05) is 45.0 Å². The molecule has 0 radical (unpaired) electrons. The zero-order valence-corrected chi connectivity index (χ0v) is 12.5. The van der Waals surface area contributed by atoms with Gasteiger partial charge in [-0.3, -0.25) is 4.79 Å². The maximum atomic E-state index is 12.3. The number of benzene rings is 1. The predicted octanol–water partition coefficient (Wildman–Crippen LogP) is 3.00. The van der Waals surface area contributed by atoms with Crippen molar-refractivity contribution in [3.05, 3.63) is 51.4 Å². The molecule has 0 N–H and O–H groups in total. The van der Waals surface area contributed by atoms with Gasteiger partial charge in [-0.1, -0.05) is 48.1 Å². The van der Waals surface area contributed by atoms with Gasteiger partial charge in [-0.05, 0) is 20.3 Å². The highest BCUT2D eigenvalue weighted by Gasteiger charge is 2.13. The SMILES string of the molecule is CCc1c(C)nc2sc(-c3ccc(C)cc3)nn2c1=O. The Kier molecular flexibility index (Phi) is 3.14. The van der Waals surface area contributed by atoms with Crippen LogP contribution in [-0.4, -0.2) is 14.6 Å². The first-order valence-electron chi connectivity index (χ1n) is 6.56. The Morgan fingerprint density at radius 3 is 2.55 bits per heavy atom. The van der Waals surface area contributed by atoms with E-state index in [4.69, 9.17) is 0 Å². The molecule has 0 saturated heterocycles. The van der Waals surface area contributed by atoms with Crippen molar-refractivity contribution in [3.8, 4) is 10.6 Å². The molecule has 0 bridgehead atoms. The molecule has 5 heteroatoms. The maximum absolute atomic E-state index is 12.3. The van der Waals surface area contributed by atoms with Crippen LogP contribution in [0.3, 0.4) is 0 Å². The van der Waals surface area contributed by atoms with E-state index in [0.29, 0.717) is 11.4 Å². The smallest absolute Gasteiger partial charge is 0.267 e. The molecule has 0 aliphatic rings. The first-order valence-corrected chi connectivity index (χ1v) is 7.38. The van der Waals surface area contributed by atoms with Crippen molar-refractivity contribution in [2.75, 3.05) is 0 Å². The second-order valence-electron chi connectivity index (χ2n) is 4.80. The van der Waals surface area contributed by atoms with Gasteiger partial charge in [-0.2, -0.15) is 9.61 Å². The lowest BCUT2D eigenvalue weighted by Gasteiger charge is -1.99. The van der Waals surface area contributed by atoms with E-state index in [0.717, 1.165) is 21.8 Å². The molecule has 20 heavy (non-hydrogen) atoms. The van der Waals surface area contributed by atoms with Gasteiger partial charge in [0.05, 0.1) is 0 Å². The summed E-state index contributed by atoms with van der Waals surface area (Å²) in [5.41, 5.74) is 3.71. The van der Waals surface area contributed by atoms with Crippen molar-refractivity contribution in [3.63, 3.8) is 0 Å². The topological polar surface area (TPSA) is 47.3 Å². The molecule has 1 aromatic carbocycles. The average molecular weight is 285 g/mol. The first kappa shape index (κ1) is 13.0. The van der Waals surface area contributed by atoms with Crippen LogP contribution in [0.1, 0.15) is 23.7 Å². The molecule has 0 aliphatic carbocycles. The van der Waals surface area contributed by atoms with Gasteiger partial charge < -0.3 is 0 Å². The standard InChI is InChI=1S/C15H15N3OS/c1-4-12-10(3)16-15-18(14(12)19)17-13(20-15)11-7-5-9(2)6-8-11/h5-8H,4H2,1-3H3. The minimum atomic E-state index is -0.0513. The highest BCUT2D eigenvalue weighted by Crippen LogP contribution is 2.24. The van der Waals surface area contributed by atoms with E-state index < -0.39 is 0 Å². The maximum Gasteiger partial charge on any atom is 0.278 e. The molecule has 0 aliphatic heterocycles. The summed E-state index contributed by atoms with van der Waals surface area (Å²) in [7, 11) is 0. The predicted molar refractivity (Wildman–Crippen MR) is 81.4 cm³/mol. The quantitative estimate of drug-likeness (QED) is 0.727. The van der Waals surface area contributed by atoms with Crippen LogP contribution in [0, 0.1) is 13.8 Å². The molecule has 0 spiro atoms. The zero-order valence-electron chi connectivity index (χ0n) is 11.7. The average Bonchev–Trinajstić information content (AvgIpc) is 2.84. The number of hydrogen-bond donors (Lipinski definition) is 0. The molecule has 0 atom stereocenters. The number of rotatable bonds is 2. The first-order chi connectivity index (χ1) is 9.60. The summed E-state index contributed by atoms with van der Waals surface area (Å²) in [4.78, 5) is 17.5. The third kappa shape index (κ3) is 2.04. The molecule has 0 saturated carbocycles. The van der Waals surface area contributed by atoms with Gasteiger partial charge in [-0.25, -0.2) is 4.98 Å². The van der Waals surface area contributed by atoms with Crippen molar-refractivity contribution >= 4 is 16.3 Å². The van der Waals surface area contributed by atoms with E-state index in [1.54, 1.807) is 0 Å². The molecular formula is C15H15N3OS. The van der Waals surface area contributed by atoms with Crippen LogP contribution in [0.25, 0.3) is 15.5 Å². The Balaban J connectivity index is 2.23. The fraction of sp³-hybridized carbons (Fsp3) is 0.267. The van der Waals surface area contributed by atoms with Gasteiger partial charge >= 0.3 is 0 Å². The van der Waals surface area contributed by atoms with Crippen LogP contribution in [0.5, 0.6) is 0 Å². The molecule has 4 nitrogen and oxygen atoms in total. The minimum Gasteiger partial charge on any atom is -0.267 e. The second-order valence-corrected chi connectivity index (χ2v) is 5.76. The summed E-state index contributed by atoms with van der Waals surface area (Å²) in [6.07, 6.45) is 0.679. The zero-order chi connectivity index (χ0) is 14.3. The molecule has 2 aromatic heterocycles. The van der Waals surface area contributed by atoms with Crippen LogP contribution in [0.4, 0.5) is 0 Å². The van der Waals surface area contributed by atoms with Gasteiger partial charge in [0.15, 0.2) is 0 Å². The van der Waals surface area contributed by atoms with Crippen LogP contribution < -0.4 is 5.56 Å². The third-order valence-electron chi connectivity index (χ3n) is 3.36. The molecular weight excluding hydrogens is 270 g/mol. The van der Waals surface area contributed by atoms with Gasteiger partial charge in [0.25, 0.3) is 5.56 Å². The fourth-order valence-corrected chi connectivity index (χ4v) is 3.14. The molecule has 2 heterocycles. The van der Waals surface area contributed by atoms with Crippen LogP contribution in [0.15, 0.2) is 29.1 Å². The van der Waals surface area contributed by atoms with Crippen molar-refractivity contribution in [2.24, 2.45) is 0 Å². The van der Waals surface area contributed by atoms with Crippen molar-refractivity contribution < 1.29 is 0 Å². The summed E-state index contributed by atoms with van der Waals surface area (Å²) in [6.45, 7) is 5.89. The molecule has 102 valence electrons. The molecule has 0 unspecified atom stereocenters. The van der Waals surface area contributed by atoms with E-state index >= 15 is 0 Å². The summed E-state index contributed by atoms with van der Waals surface area (Å²) < 4.78 is 1.42. The number of aromatic nitrogens is 3. The number of hydrogen-bond acceptors (Lipinski definition) is 4. The fourth-order valence-electron chi connectivity index (χ4n) is 2.20. The number of nitrogens with zero attached hydrogens (tertiary/aromatic N) is 3. The summed E-state index contributed by atoms with van der Waals surface area (Å²) in [6, 6.07) is 8.12. The van der Waals surface area contributed by atoms with Gasteiger partial charge in [0.2, 0.25) is 4.96 Å². The molecule has 3 rings (SSSR count). The van der Waals surface area contributed by atoms with Gasteiger partial charge in [-0.15, -0.1) is 0 Å². The van der Waals surface area contributed by atoms with Crippen molar-refractivity contribution in [1.82, 2.24) is 14.6 Å². The normalized spacial score (nSPS) is 11.2. The Hall–Kier alpha value is -2.01. The second kappa shape index (κ2) is 4.83. The Morgan fingerprint density at radius 1 is 1.20 bits per heavy atom. The Labute approximate surface area is 120 Å². The summed E-state index contributed by atoms with van der Waals surface area (Å²) in [5, 5.41) is 5.24. The highest BCUT2D eigenvalue weighted by molar-refractivity contribution is 7.19. The summed E-state index contributed by atoms with van der Waals surface area (Å²) in [5.74, 6) is 0. The molecule has 0 amide bonds. The monoisotopic (exact) mass is 285 g/mol. The number of fused-ring (bicyclic) bond motifs is 1. The Morgan fingerprint density at radius 2 is 1.90 bits per heavy atom. The number of aryl methyl sites for hydroxylation is 2. The van der Waals surface area contributed by atoms with E-state index in [1.165, 1.54) is 21.4 Å². The van der Waals surface area contributed by atoms with E-state index in [2.05, 4.69) is 10.1 Å². The van der Waals surface area contributed by atoms with Crippen molar-refractivity contribution in [2.45, 2.75) is 27.2 Å². The lowest BCUT2D eigenvalue weighted by atomic mass is 10.2. The van der Waals surface area contributed by atoms with E-state index in [-0.39, 0.29) is 5.56 Å². The highest BCUT2D eigenvalue weighted by atomic mass is 32.1. The minimum absolute atomic E-state index is 0.0513. The van der Waals surface area contributed by atoms with Crippen LogP contribution in [0.2, 0.25) is 0 Å². The lowest BCUT2D eigenvalue weighted by molar-refractivity contribution is 0.856. The largest absolute Gasteiger partial charge is 0.278 e. The van der Waals surface area contributed by atoms with E-state index in [9.17, 15) is 4.79 Å².